The Morgan fingerprint density at radius 3 is 3.00 bits per heavy atom. The Morgan fingerprint density at radius 2 is 2.30 bits per heavy atom. The first-order valence-corrected chi connectivity index (χ1v) is 8.89. The van der Waals surface area contributed by atoms with E-state index in [9.17, 15) is 14.0 Å². The van der Waals surface area contributed by atoms with Crippen LogP contribution in [0, 0.1) is 23.2 Å². The fraction of sp³-hybridized carbons (Fsp3) is 0.294. The third-order valence-electron chi connectivity index (χ3n) is 4.11. The van der Waals surface area contributed by atoms with Crippen LogP contribution in [0.1, 0.15) is 16.8 Å². The highest BCUT2D eigenvalue weighted by atomic mass is 32.1. The maximum Gasteiger partial charge on any atom is 0.298 e. The van der Waals surface area contributed by atoms with E-state index in [0.29, 0.717) is 35.1 Å². The summed E-state index contributed by atoms with van der Waals surface area (Å²) >= 11 is 1.21. The predicted molar refractivity (Wildman–Crippen MR) is 96.5 cm³/mol. The third kappa shape index (κ3) is 4.15. The van der Waals surface area contributed by atoms with Gasteiger partial charge in [0, 0.05) is 26.3 Å². The molecule has 0 saturated carbocycles. The molecule has 1 aliphatic heterocycles. The summed E-state index contributed by atoms with van der Waals surface area (Å²) in [5.41, 5.74) is 0.403. The summed E-state index contributed by atoms with van der Waals surface area (Å²) in [5, 5.41) is 18.7. The van der Waals surface area contributed by atoms with E-state index < -0.39 is 11.7 Å². The van der Waals surface area contributed by atoms with Gasteiger partial charge in [-0.2, -0.15) is 10.4 Å². The zero-order chi connectivity index (χ0) is 19.4. The first-order chi connectivity index (χ1) is 13.0. The molecule has 0 bridgehead atoms. The van der Waals surface area contributed by atoms with Crippen LogP contribution in [-0.2, 0) is 4.79 Å². The van der Waals surface area contributed by atoms with E-state index in [-0.39, 0.29) is 17.4 Å². The molecule has 1 atom stereocenters. The molecule has 1 aromatic carbocycles. The lowest BCUT2D eigenvalue weighted by Crippen LogP contribution is -2.25. The zero-order valence-corrected chi connectivity index (χ0v) is 15.2. The molecule has 1 aliphatic rings. The standard InChI is InChI=1S/C17H15FN6O2S/c1-20-23-16(26)12-6-10(2-3-13(12)18)14-7-21-17(27-14)22-15(25)11-4-5-24(8-11)9-19/h2-3,6-7,11H,4-5,8H2,1H3,(H,21,22,25)/t11-/m0/s1. The van der Waals surface area contributed by atoms with Crippen molar-refractivity contribution in [2.75, 3.05) is 25.5 Å². The minimum atomic E-state index is -0.766. The maximum atomic E-state index is 13.9. The second-order valence-electron chi connectivity index (χ2n) is 5.85. The molecule has 1 saturated heterocycles. The van der Waals surface area contributed by atoms with Crippen molar-refractivity contribution in [3.05, 3.63) is 35.8 Å². The minimum absolute atomic E-state index is 0.181. The minimum Gasteiger partial charge on any atom is -0.310 e. The fourth-order valence-corrected chi connectivity index (χ4v) is 3.54. The Balaban J connectivity index is 1.74. The van der Waals surface area contributed by atoms with Crippen LogP contribution in [0.2, 0.25) is 0 Å². The van der Waals surface area contributed by atoms with Gasteiger partial charge in [0.05, 0.1) is 16.4 Å². The number of hydrogen-bond donors (Lipinski definition) is 1. The van der Waals surface area contributed by atoms with Crippen LogP contribution in [0.3, 0.4) is 0 Å². The topological polar surface area (TPSA) is 111 Å². The van der Waals surface area contributed by atoms with Gasteiger partial charge >= 0.3 is 0 Å². The Bertz CT molecular complexity index is 951. The van der Waals surface area contributed by atoms with Gasteiger partial charge in [-0.3, -0.25) is 9.59 Å². The molecular weight excluding hydrogens is 371 g/mol. The van der Waals surface area contributed by atoms with Gasteiger partial charge in [0.2, 0.25) is 5.91 Å². The lowest BCUT2D eigenvalue weighted by Gasteiger charge is -2.08. The largest absolute Gasteiger partial charge is 0.310 e. The van der Waals surface area contributed by atoms with E-state index in [4.69, 9.17) is 5.26 Å². The second-order valence-corrected chi connectivity index (χ2v) is 6.88. The number of likely N-dealkylation sites (tertiary alicyclic amines) is 1. The van der Waals surface area contributed by atoms with E-state index >= 15 is 0 Å². The molecule has 1 N–H and O–H groups in total. The summed E-state index contributed by atoms with van der Waals surface area (Å²) in [6.07, 6.45) is 4.19. The molecule has 27 heavy (non-hydrogen) atoms. The summed E-state index contributed by atoms with van der Waals surface area (Å²) in [4.78, 5) is 30.5. The Morgan fingerprint density at radius 1 is 1.48 bits per heavy atom. The smallest absolute Gasteiger partial charge is 0.298 e. The predicted octanol–water partition coefficient (Wildman–Crippen LogP) is 2.91. The Labute approximate surface area is 158 Å². The summed E-state index contributed by atoms with van der Waals surface area (Å²) in [7, 11) is 1.33. The summed E-state index contributed by atoms with van der Waals surface area (Å²) < 4.78 is 13.9. The van der Waals surface area contributed by atoms with E-state index in [2.05, 4.69) is 20.5 Å². The number of amides is 2. The molecule has 2 heterocycles. The number of rotatable bonds is 4. The lowest BCUT2D eigenvalue weighted by atomic mass is 10.1. The highest BCUT2D eigenvalue weighted by Crippen LogP contribution is 2.31. The molecule has 2 aromatic rings. The number of carbonyl (C=O) groups is 2. The highest BCUT2D eigenvalue weighted by molar-refractivity contribution is 7.19. The van der Waals surface area contributed by atoms with Crippen LogP contribution in [0.15, 0.2) is 34.6 Å². The molecule has 3 rings (SSSR count). The van der Waals surface area contributed by atoms with Crippen LogP contribution >= 0.6 is 11.3 Å². The van der Waals surface area contributed by atoms with Gasteiger partial charge < -0.3 is 10.2 Å². The van der Waals surface area contributed by atoms with Gasteiger partial charge in [-0.15, -0.1) is 5.11 Å². The molecule has 1 aromatic heterocycles. The Kier molecular flexibility index (Phi) is 5.52. The first kappa shape index (κ1) is 18.6. The van der Waals surface area contributed by atoms with Crippen molar-refractivity contribution in [3.8, 4) is 16.6 Å². The van der Waals surface area contributed by atoms with Gasteiger partial charge in [-0.1, -0.05) is 17.4 Å². The number of carbonyl (C=O) groups excluding carboxylic acids is 2. The van der Waals surface area contributed by atoms with Gasteiger partial charge in [-0.05, 0) is 24.1 Å². The summed E-state index contributed by atoms with van der Waals surface area (Å²) in [6, 6.07) is 4.09. The molecular formula is C17H15FN6O2S. The normalized spacial score (nSPS) is 16.5. The van der Waals surface area contributed by atoms with E-state index in [0.717, 1.165) is 0 Å². The number of halogens is 1. The summed E-state index contributed by atoms with van der Waals surface area (Å²) in [5.74, 6) is -1.89. The number of hydrogen-bond acceptors (Lipinski definition) is 7. The lowest BCUT2D eigenvalue weighted by molar-refractivity contribution is -0.119. The van der Waals surface area contributed by atoms with Crippen molar-refractivity contribution in [1.29, 1.82) is 5.26 Å². The number of nitriles is 1. The van der Waals surface area contributed by atoms with Crippen molar-refractivity contribution < 1.29 is 14.0 Å². The van der Waals surface area contributed by atoms with Crippen LogP contribution < -0.4 is 5.32 Å². The van der Waals surface area contributed by atoms with Crippen molar-refractivity contribution in [2.45, 2.75) is 6.42 Å². The molecule has 8 nitrogen and oxygen atoms in total. The number of aromatic nitrogens is 1. The van der Waals surface area contributed by atoms with E-state index in [1.165, 1.54) is 36.6 Å². The van der Waals surface area contributed by atoms with Crippen LogP contribution in [-0.4, -0.2) is 41.8 Å². The SMILES string of the molecule is CN=NC(=O)c1cc(-c2cnc(NC(=O)[C@H]3CCN(C#N)C3)s2)ccc1F. The molecule has 10 heteroatoms. The Hall–Kier alpha value is -3.19. The average molecular weight is 386 g/mol. The fourth-order valence-electron chi connectivity index (χ4n) is 2.73. The average Bonchev–Trinajstić information content (AvgIpc) is 3.31. The molecule has 0 radical (unpaired) electrons. The number of benzene rings is 1. The van der Waals surface area contributed by atoms with Crippen molar-refractivity contribution >= 4 is 28.3 Å². The number of thiazole rings is 1. The molecule has 0 unspecified atom stereocenters. The molecule has 1 fully saturated rings. The van der Waals surface area contributed by atoms with Crippen LogP contribution in [0.5, 0.6) is 0 Å². The maximum absolute atomic E-state index is 13.9. The highest BCUT2D eigenvalue weighted by Gasteiger charge is 2.28. The van der Waals surface area contributed by atoms with Crippen LogP contribution in [0.25, 0.3) is 10.4 Å². The number of azo groups is 1. The monoisotopic (exact) mass is 386 g/mol. The van der Waals surface area contributed by atoms with E-state index in [1.54, 1.807) is 11.1 Å². The molecule has 0 spiro atoms. The van der Waals surface area contributed by atoms with Gasteiger partial charge in [-0.25, -0.2) is 9.37 Å². The van der Waals surface area contributed by atoms with Gasteiger partial charge in [0.25, 0.3) is 5.91 Å². The number of nitrogens with one attached hydrogen (secondary N) is 1. The molecule has 0 aliphatic carbocycles. The third-order valence-corrected chi connectivity index (χ3v) is 5.07. The second kappa shape index (κ2) is 8.01. The van der Waals surface area contributed by atoms with Crippen LogP contribution in [0.4, 0.5) is 9.52 Å². The first-order valence-electron chi connectivity index (χ1n) is 8.07. The van der Waals surface area contributed by atoms with Crippen molar-refractivity contribution in [2.24, 2.45) is 16.1 Å². The van der Waals surface area contributed by atoms with E-state index in [1.807, 2.05) is 6.19 Å². The van der Waals surface area contributed by atoms with Gasteiger partial charge in [0.1, 0.15) is 5.82 Å². The molecule has 138 valence electrons. The summed E-state index contributed by atoms with van der Waals surface area (Å²) in [6.45, 7) is 0.967. The number of nitrogens with zero attached hydrogens (tertiary/aromatic N) is 5. The quantitative estimate of drug-likeness (QED) is 0.641. The van der Waals surface area contributed by atoms with Gasteiger partial charge in [0.15, 0.2) is 11.3 Å². The number of anilines is 1. The molecule has 2 amide bonds. The van der Waals surface area contributed by atoms with Crippen molar-refractivity contribution in [1.82, 2.24) is 9.88 Å². The van der Waals surface area contributed by atoms with Crippen molar-refractivity contribution in [3.63, 3.8) is 0 Å². The zero-order valence-electron chi connectivity index (χ0n) is 14.3.